The van der Waals surface area contributed by atoms with Gasteiger partial charge in [0.15, 0.2) is 0 Å². The van der Waals surface area contributed by atoms with Gasteiger partial charge in [-0.15, -0.1) is 0 Å². The molecule has 2 heteroatoms. The van der Waals surface area contributed by atoms with Crippen LogP contribution in [0.5, 0.6) is 0 Å². The molecule has 0 aromatic carbocycles. The third-order valence-electron chi connectivity index (χ3n) is 1.57. The topological polar surface area (TPSA) is 12.9 Å². The van der Waals surface area contributed by atoms with Crippen molar-refractivity contribution < 1.29 is 0 Å². The summed E-state index contributed by atoms with van der Waals surface area (Å²) in [7, 11) is 0. The Morgan fingerprint density at radius 3 is 3.00 bits per heavy atom. The maximum atomic E-state index is 4.25. The van der Waals surface area contributed by atoms with Gasteiger partial charge in [0.25, 0.3) is 0 Å². The van der Waals surface area contributed by atoms with Crippen LogP contribution in [0.3, 0.4) is 0 Å². The molecule has 1 rings (SSSR count). The Morgan fingerprint density at radius 1 is 1.55 bits per heavy atom. The Labute approximate surface area is 76.0 Å². The molecule has 0 aliphatic heterocycles. The molecule has 0 radical (unpaired) electrons. The van der Waals surface area contributed by atoms with Gasteiger partial charge in [-0.3, -0.25) is 4.98 Å². The molecule has 0 fully saturated rings. The molecular formula is C9H12BrN. The van der Waals surface area contributed by atoms with Gasteiger partial charge in [0, 0.05) is 16.4 Å². The monoisotopic (exact) mass is 213 g/mol. The van der Waals surface area contributed by atoms with Crippen LogP contribution in [-0.2, 0) is 6.42 Å². The average molecular weight is 214 g/mol. The lowest BCUT2D eigenvalue weighted by molar-refractivity contribution is 0.776. The van der Waals surface area contributed by atoms with Gasteiger partial charge in [-0.1, -0.05) is 29.3 Å². The fourth-order valence-corrected chi connectivity index (χ4v) is 1.33. The summed E-state index contributed by atoms with van der Waals surface area (Å²) in [6, 6.07) is 4.03. The first-order valence-corrected chi connectivity index (χ1v) is 4.72. The number of hydrogen-bond donors (Lipinski definition) is 0. The Balaban J connectivity index is 2.56. The summed E-state index contributed by atoms with van der Waals surface area (Å²) in [6.45, 7) is 2.19. The van der Waals surface area contributed by atoms with E-state index in [9.17, 15) is 0 Å². The van der Waals surface area contributed by atoms with E-state index in [-0.39, 0.29) is 0 Å². The molecule has 1 nitrogen and oxygen atoms in total. The van der Waals surface area contributed by atoms with Crippen LogP contribution in [0, 0.1) is 0 Å². The smallest absolute Gasteiger partial charge is 0.0414 e. The summed E-state index contributed by atoms with van der Waals surface area (Å²) >= 11 is 3.41. The van der Waals surface area contributed by atoms with Crippen molar-refractivity contribution in [1.82, 2.24) is 4.98 Å². The van der Waals surface area contributed by atoms with E-state index in [0.717, 1.165) is 10.9 Å². The predicted octanol–water partition coefficient (Wildman–Crippen LogP) is 3.19. The van der Waals surface area contributed by atoms with Crippen molar-refractivity contribution in [3.8, 4) is 0 Å². The molecule has 60 valence electrons. The lowest BCUT2D eigenvalue weighted by Crippen LogP contribution is -1.88. The number of nitrogens with zero attached hydrogens (tertiary/aromatic N) is 1. The number of unbranched alkanes of at least 4 members (excludes halogenated alkanes) is 1. The lowest BCUT2D eigenvalue weighted by atomic mass is 10.2. The second kappa shape index (κ2) is 4.50. The van der Waals surface area contributed by atoms with Crippen molar-refractivity contribution in [3.05, 3.63) is 28.5 Å². The SMILES string of the molecule is CCCCc1cc(Br)ccn1. The minimum atomic E-state index is 1.09. The van der Waals surface area contributed by atoms with Crippen LogP contribution in [-0.4, -0.2) is 4.98 Å². The molecular weight excluding hydrogens is 202 g/mol. The summed E-state index contributed by atoms with van der Waals surface area (Å²) in [4.78, 5) is 4.25. The standard InChI is InChI=1S/C9H12BrN/c1-2-3-4-9-7-8(10)5-6-11-9/h5-7H,2-4H2,1H3. The van der Waals surface area contributed by atoms with Gasteiger partial charge in [0.1, 0.15) is 0 Å². The van der Waals surface area contributed by atoms with Gasteiger partial charge in [-0.25, -0.2) is 0 Å². The van der Waals surface area contributed by atoms with Gasteiger partial charge in [-0.05, 0) is 25.0 Å². The highest BCUT2D eigenvalue weighted by Crippen LogP contribution is 2.10. The number of aryl methyl sites for hydroxylation is 1. The molecule has 0 N–H and O–H groups in total. The van der Waals surface area contributed by atoms with E-state index < -0.39 is 0 Å². The van der Waals surface area contributed by atoms with Crippen molar-refractivity contribution in [2.75, 3.05) is 0 Å². The molecule has 11 heavy (non-hydrogen) atoms. The van der Waals surface area contributed by atoms with Crippen LogP contribution >= 0.6 is 15.9 Å². The minimum Gasteiger partial charge on any atom is -0.261 e. The fourth-order valence-electron chi connectivity index (χ4n) is 0.943. The molecule has 0 amide bonds. The van der Waals surface area contributed by atoms with Crippen LogP contribution < -0.4 is 0 Å². The van der Waals surface area contributed by atoms with E-state index in [1.807, 2.05) is 12.3 Å². The summed E-state index contributed by atoms with van der Waals surface area (Å²) in [5.41, 5.74) is 1.18. The lowest BCUT2D eigenvalue weighted by Gasteiger charge is -1.97. The molecule has 1 aromatic heterocycles. The van der Waals surface area contributed by atoms with Gasteiger partial charge in [0.05, 0.1) is 0 Å². The normalized spacial score (nSPS) is 10.0. The van der Waals surface area contributed by atoms with Crippen molar-refractivity contribution in [2.45, 2.75) is 26.2 Å². The van der Waals surface area contributed by atoms with E-state index in [2.05, 4.69) is 33.9 Å². The molecule has 0 saturated carbocycles. The molecule has 0 spiro atoms. The highest BCUT2D eigenvalue weighted by atomic mass is 79.9. The zero-order valence-corrected chi connectivity index (χ0v) is 8.26. The second-order valence-electron chi connectivity index (χ2n) is 2.57. The number of hydrogen-bond acceptors (Lipinski definition) is 1. The first-order valence-electron chi connectivity index (χ1n) is 3.93. The molecule has 0 bridgehead atoms. The van der Waals surface area contributed by atoms with Crippen LogP contribution in [0.15, 0.2) is 22.8 Å². The van der Waals surface area contributed by atoms with Crippen molar-refractivity contribution in [3.63, 3.8) is 0 Å². The molecule has 0 saturated heterocycles. The number of aromatic nitrogens is 1. The summed E-state index contributed by atoms with van der Waals surface area (Å²) in [5.74, 6) is 0. The zero-order chi connectivity index (χ0) is 8.10. The van der Waals surface area contributed by atoms with Crippen molar-refractivity contribution in [1.29, 1.82) is 0 Å². The van der Waals surface area contributed by atoms with Crippen LogP contribution in [0.4, 0.5) is 0 Å². The molecule has 0 unspecified atom stereocenters. The minimum absolute atomic E-state index is 1.09. The van der Waals surface area contributed by atoms with Gasteiger partial charge in [-0.2, -0.15) is 0 Å². The summed E-state index contributed by atoms with van der Waals surface area (Å²) in [5, 5.41) is 0. The summed E-state index contributed by atoms with van der Waals surface area (Å²) < 4.78 is 1.12. The number of halogens is 1. The Kier molecular flexibility index (Phi) is 3.57. The van der Waals surface area contributed by atoms with Crippen molar-refractivity contribution in [2.24, 2.45) is 0 Å². The predicted molar refractivity (Wildman–Crippen MR) is 50.5 cm³/mol. The molecule has 0 aliphatic carbocycles. The van der Waals surface area contributed by atoms with Crippen LogP contribution in [0.25, 0.3) is 0 Å². The molecule has 1 heterocycles. The maximum absolute atomic E-state index is 4.25. The van der Waals surface area contributed by atoms with E-state index in [1.54, 1.807) is 0 Å². The Hall–Kier alpha value is -0.370. The molecule has 1 aromatic rings. The fraction of sp³-hybridized carbons (Fsp3) is 0.444. The Morgan fingerprint density at radius 2 is 2.36 bits per heavy atom. The highest BCUT2D eigenvalue weighted by molar-refractivity contribution is 9.10. The van der Waals surface area contributed by atoms with Gasteiger partial charge >= 0.3 is 0 Å². The highest BCUT2D eigenvalue weighted by Gasteiger charge is 1.93. The van der Waals surface area contributed by atoms with E-state index in [1.165, 1.54) is 18.5 Å². The van der Waals surface area contributed by atoms with Gasteiger partial charge in [0.2, 0.25) is 0 Å². The number of rotatable bonds is 3. The van der Waals surface area contributed by atoms with Gasteiger partial charge < -0.3 is 0 Å². The summed E-state index contributed by atoms with van der Waals surface area (Å²) in [6.07, 6.45) is 5.39. The first kappa shape index (κ1) is 8.72. The molecule has 0 aliphatic rings. The third-order valence-corrected chi connectivity index (χ3v) is 2.06. The molecule has 0 atom stereocenters. The first-order chi connectivity index (χ1) is 5.33. The second-order valence-corrected chi connectivity index (χ2v) is 3.48. The number of pyridine rings is 1. The average Bonchev–Trinajstić information content (AvgIpc) is 2.01. The van der Waals surface area contributed by atoms with E-state index in [4.69, 9.17) is 0 Å². The van der Waals surface area contributed by atoms with Crippen LogP contribution in [0.1, 0.15) is 25.5 Å². The zero-order valence-electron chi connectivity index (χ0n) is 6.68. The van der Waals surface area contributed by atoms with E-state index in [0.29, 0.717) is 0 Å². The quantitative estimate of drug-likeness (QED) is 0.752. The maximum Gasteiger partial charge on any atom is 0.0414 e. The van der Waals surface area contributed by atoms with Crippen LogP contribution in [0.2, 0.25) is 0 Å². The van der Waals surface area contributed by atoms with Crippen molar-refractivity contribution >= 4 is 15.9 Å². The Bertz CT molecular complexity index is 223. The largest absolute Gasteiger partial charge is 0.261 e. The third kappa shape index (κ3) is 3.02. The van der Waals surface area contributed by atoms with E-state index >= 15 is 0 Å².